The van der Waals surface area contributed by atoms with Crippen molar-refractivity contribution in [1.82, 2.24) is 0 Å². The fourth-order valence-corrected chi connectivity index (χ4v) is 9.94. The standard InChI is InChI=1S/C47H57NO9S/c1-29(18-26-42(52)53)17-24-40(51)31(3)39(50)16-10-8-7-9-13-34-30(2)27-37-44(46(4,5)28-47(37,6)54)43(34)45(32-19-21-33(49)22-20-32)48-38-23-25-41(58(55,56)57)36-15-12-11-14-35(36)38/h7-23,25-27,31,34,37,39-40,43-45,48-51,54H,24,28H2,1-6H3,(H,52,53)(H,55,56,57)/b8-7+,13-9+,16-10-,26-18+,29-17+/t31-,34-,37+,39+,40+,43-,44-,45-,47+/m0/s1. The number of rotatable bonds is 15. The summed E-state index contributed by atoms with van der Waals surface area (Å²) in [5.41, 5.74) is 2.08. The zero-order valence-electron chi connectivity index (χ0n) is 33.9. The third kappa shape index (κ3) is 10.3. The number of phenols is 1. The van der Waals surface area contributed by atoms with Gasteiger partial charge in [0.25, 0.3) is 10.1 Å². The van der Waals surface area contributed by atoms with Crippen molar-refractivity contribution in [1.29, 1.82) is 0 Å². The van der Waals surface area contributed by atoms with Crippen molar-refractivity contribution in [3.8, 4) is 5.75 Å². The third-order valence-corrected chi connectivity index (χ3v) is 12.9. The normalized spacial score (nSPS) is 26.0. The summed E-state index contributed by atoms with van der Waals surface area (Å²) in [7, 11) is -4.50. The number of aliphatic hydroxyl groups is 3. The average molecular weight is 812 g/mol. The number of benzene rings is 3. The van der Waals surface area contributed by atoms with Gasteiger partial charge in [-0.2, -0.15) is 8.42 Å². The fourth-order valence-electron chi connectivity index (χ4n) is 9.25. The largest absolute Gasteiger partial charge is 0.508 e. The SMILES string of the molecule is CC1=C[C@@H]2[C@@H]([C@@H]([C@@H](Nc3ccc(S(=O)(=O)O)c4ccccc34)c3ccc(O)cc3)[C@H]1/C=C/C=C/C=C\[C@@H](O)[C@H](C)[C@H](O)C/C=C(C)/C=C/C(=O)O)C(C)(C)C[C@@]2(C)O. The molecule has 1 saturated carbocycles. The van der Waals surface area contributed by atoms with E-state index in [9.17, 15) is 38.2 Å². The molecule has 3 aromatic carbocycles. The van der Waals surface area contributed by atoms with Crippen molar-refractivity contribution in [3.63, 3.8) is 0 Å². The second-order valence-electron chi connectivity index (χ2n) is 16.9. The molecule has 58 heavy (non-hydrogen) atoms. The first-order valence-corrected chi connectivity index (χ1v) is 21.1. The van der Waals surface area contributed by atoms with Gasteiger partial charge >= 0.3 is 5.97 Å². The molecule has 0 saturated heterocycles. The van der Waals surface area contributed by atoms with Gasteiger partial charge < -0.3 is 30.8 Å². The van der Waals surface area contributed by atoms with Crippen LogP contribution >= 0.6 is 0 Å². The Balaban J connectivity index is 1.49. The highest BCUT2D eigenvalue weighted by Crippen LogP contribution is 2.62. The van der Waals surface area contributed by atoms with E-state index in [0.717, 1.165) is 17.2 Å². The van der Waals surface area contributed by atoms with Crippen molar-refractivity contribution in [3.05, 3.63) is 138 Å². The van der Waals surface area contributed by atoms with E-state index in [4.69, 9.17) is 5.11 Å². The fraction of sp³-hybridized carbons (Fsp3) is 0.383. The van der Waals surface area contributed by atoms with Crippen molar-refractivity contribution in [2.45, 2.75) is 83.1 Å². The maximum absolute atomic E-state index is 12.4. The molecular weight excluding hydrogens is 755 g/mol. The topological polar surface area (TPSA) is 185 Å². The lowest BCUT2D eigenvalue weighted by atomic mass is 9.58. The van der Waals surface area contributed by atoms with Crippen molar-refractivity contribution in [2.24, 2.45) is 35.0 Å². The molecule has 310 valence electrons. The maximum atomic E-state index is 12.4. The molecule has 11 heteroatoms. The number of anilines is 1. The summed E-state index contributed by atoms with van der Waals surface area (Å²) in [5.74, 6) is -1.86. The van der Waals surface area contributed by atoms with Crippen LogP contribution in [0.5, 0.6) is 5.75 Å². The van der Waals surface area contributed by atoms with Crippen LogP contribution in [-0.2, 0) is 14.9 Å². The van der Waals surface area contributed by atoms with E-state index in [0.29, 0.717) is 28.5 Å². The number of hydrogen-bond donors (Lipinski definition) is 7. The predicted molar refractivity (Wildman–Crippen MR) is 229 cm³/mol. The Morgan fingerprint density at radius 1 is 0.948 bits per heavy atom. The smallest absolute Gasteiger partial charge is 0.328 e. The minimum Gasteiger partial charge on any atom is -0.508 e. The molecule has 7 N–H and O–H groups in total. The molecular formula is C47H57NO9S. The van der Waals surface area contributed by atoms with E-state index in [1.54, 1.807) is 62.4 Å². The van der Waals surface area contributed by atoms with Crippen LogP contribution in [0.4, 0.5) is 5.69 Å². The molecule has 10 nitrogen and oxygen atoms in total. The van der Waals surface area contributed by atoms with E-state index >= 15 is 0 Å². The number of carboxylic acids is 1. The van der Waals surface area contributed by atoms with Crippen molar-refractivity contribution >= 4 is 32.5 Å². The first-order chi connectivity index (χ1) is 27.2. The summed E-state index contributed by atoms with van der Waals surface area (Å²) >= 11 is 0. The van der Waals surface area contributed by atoms with Gasteiger partial charge in [0.05, 0.1) is 23.9 Å². The Morgan fingerprint density at radius 3 is 2.26 bits per heavy atom. The van der Waals surface area contributed by atoms with Crippen LogP contribution in [0.3, 0.4) is 0 Å². The second-order valence-corrected chi connectivity index (χ2v) is 18.3. The van der Waals surface area contributed by atoms with Crippen LogP contribution < -0.4 is 5.32 Å². The zero-order chi connectivity index (χ0) is 42.6. The Labute approximate surface area is 342 Å². The van der Waals surface area contributed by atoms with Gasteiger partial charge in [0.1, 0.15) is 10.6 Å². The van der Waals surface area contributed by atoms with Gasteiger partial charge in [-0.25, -0.2) is 4.79 Å². The number of carbonyl (C=O) groups is 1. The lowest BCUT2D eigenvalue weighted by Crippen LogP contribution is -2.44. The van der Waals surface area contributed by atoms with Crippen LogP contribution in [0, 0.1) is 35.0 Å². The predicted octanol–water partition coefficient (Wildman–Crippen LogP) is 8.55. The third-order valence-electron chi connectivity index (χ3n) is 12.0. The van der Waals surface area contributed by atoms with Gasteiger partial charge in [0.2, 0.25) is 0 Å². The molecule has 0 aliphatic heterocycles. The van der Waals surface area contributed by atoms with E-state index < -0.39 is 45.9 Å². The highest BCUT2D eigenvalue weighted by Gasteiger charge is 2.59. The molecule has 0 spiro atoms. The quantitative estimate of drug-likeness (QED) is 0.0340. The van der Waals surface area contributed by atoms with Gasteiger partial charge in [0, 0.05) is 40.3 Å². The summed E-state index contributed by atoms with van der Waals surface area (Å²) in [6.45, 7) is 11.9. The second kappa shape index (κ2) is 18.0. The molecule has 0 heterocycles. The Kier molecular flexibility index (Phi) is 13.8. The average Bonchev–Trinajstić information content (AvgIpc) is 3.34. The first-order valence-electron chi connectivity index (χ1n) is 19.6. The van der Waals surface area contributed by atoms with Crippen LogP contribution in [0.25, 0.3) is 10.8 Å². The van der Waals surface area contributed by atoms with Gasteiger partial charge in [-0.15, -0.1) is 0 Å². The van der Waals surface area contributed by atoms with E-state index in [2.05, 4.69) is 38.2 Å². The number of aliphatic hydroxyl groups excluding tert-OH is 2. The Hall–Kier alpha value is -4.78. The van der Waals surface area contributed by atoms with Gasteiger partial charge in [-0.1, -0.05) is 123 Å². The van der Waals surface area contributed by atoms with Crippen LogP contribution in [0.15, 0.2) is 137 Å². The van der Waals surface area contributed by atoms with Gasteiger partial charge in [-0.05, 0) is 80.7 Å². The van der Waals surface area contributed by atoms with Crippen molar-refractivity contribution in [2.75, 3.05) is 5.32 Å². The lowest BCUT2D eigenvalue weighted by molar-refractivity contribution is -0.131. The summed E-state index contributed by atoms with van der Waals surface area (Å²) < 4.78 is 34.8. The molecule has 2 aliphatic rings. The minimum absolute atomic E-state index is 0.0192. The number of phenolic OH excluding ortho intramolecular Hbond substituents is 1. The van der Waals surface area contributed by atoms with Crippen LogP contribution in [0.2, 0.25) is 0 Å². The van der Waals surface area contributed by atoms with E-state index in [1.807, 2.05) is 49.4 Å². The number of hydrogen-bond acceptors (Lipinski definition) is 8. The number of carboxylic acid groups (broad SMARTS) is 1. The lowest BCUT2D eigenvalue weighted by Gasteiger charge is -2.48. The highest BCUT2D eigenvalue weighted by molar-refractivity contribution is 7.86. The zero-order valence-corrected chi connectivity index (χ0v) is 34.7. The van der Waals surface area contributed by atoms with E-state index in [-0.39, 0.29) is 46.2 Å². The number of aliphatic carboxylic acids is 1. The molecule has 0 radical (unpaired) electrons. The Morgan fingerprint density at radius 2 is 1.60 bits per heavy atom. The summed E-state index contributed by atoms with van der Waals surface area (Å²) in [6, 6.07) is 16.8. The van der Waals surface area contributed by atoms with Crippen LogP contribution in [0.1, 0.15) is 66.0 Å². The monoisotopic (exact) mass is 811 g/mol. The summed E-state index contributed by atoms with van der Waals surface area (Å²) in [6.07, 6.45) is 16.6. The van der Waals surface area contributed by atoms with Gasteiger partial charge in [0.15, 0.2) is 0 Å². The number of fused-ring (bicyclic) bond motifs is 2. The summed E-state index contributed by atoms with van der Waals surface area (Å²) in [5, 5.41) is 57.2. The molecule has 2 aliphatic carbocycles. The first kappa shape index (κ1) is 44.3. The maximum Gasteiger partial charge on any atom is 0.328 e. The van der Waals surface area contributed by atoms with Crippen molar-refractivity contribution < 1.29 is 43.3 Å². The molecule has 0 amide bonds. The minimum atomic E-state index is -4.50. The van der Waals surface area contributed by atoms with Gasteiger partial charge in [-0.3, -0.25) is 4.55 Å². The molecule has 5 rings (SSSR count). The number of nitrogens with one attached hydrogen (secondary N) is 1. The molecule has 3 aromatic rings. The molecule has 9 atom stereocenters. The number of aromatic hydroxyl groups is 1. The molecule has 0 unspecified atom stereocenters. The molecule has 0 bridgehead atoms. The molecule has 0 aromatic heterocycles. The molecule has 1 fully saturated rings. The van der Waals surface area contributed by atoms with Crippen LogP contribution in [-0.4, -0.2) is 62.3 Å². The summed E-state index contributed by atoms with van der Waals surface area (Å²) in [4.78, 5) is 10.6. The highest BCUT2D eigenvalue weighted by atomic mass is 32.2. The number of allylic oxidation sites excluding steroid dienone is 8. The van der Waals surface area contributed by atoms with E-state index in [1.165, 1.54) is 12.1 Å². The Bertz CT molecular complexity index is 2250.